The molecule has 84 valence electrons. The van der Waals surface area contributed by atoms with Crippen molar-refractivity contribution in [3.8, 4) is 0 Å². The van der Waals surface area contributed by atoms with Gasteiger partial charge in [-0.2, -0.15) is 5.10 Å². The topological polar surface area (TPSA) is 43.8 Å². The average molecular weight is 207 g/mol. The largest absolute Gasteiger partial charge is 0.330 e. The Balaban J connectivity index is 2.27. The Bertz CT molecular complexity index is 335. The molecule has 1 aliphatic rings. The molecule has 1 aliphatic carbocycles. The van der Waals surface area contributed by atoms with Crippen molar-refractivity contribution in [1.82, 2.24) is 9.78 Å². The summed E-state index contributed by atoms with van der Waals surface area (Å²) in [6.45, 7) is 2.91. The second-order valence-corrected chi connectivity index (χ2v) is 4.60. The maximum Gasteiger partial charge on any atom is 0.0687 e. The van der Waals surface area contributed by atoms with E-state index in [0.29, 0.717) is 12.5 Å². The third-order valence-electron chi connectivity index (χ3n) is 3.59. The summed E-state index contributed by atoms with van der Waals surface area (Å²) in [5, 5.41) is 4.67. The summed E-state index contributed by atoms with van der Waals surface area (Å²) < 4.78 is 2.02. The summed E-state index contributed by atoms with van der Waals surface area (Å²) in [6, 6.07) is 0. The minimum absolute atomic E-state index is 0.711. The van der Waals surface area contributed by atoms with E-state index in [0.717, 1.165) is 6.42 Å². The molecule has 0 spiro atoms. The summed E-state index contributed by atoms with van der Waals surface area (Å²) in [5.41, 5.74) is 9.65. The molecule has 1 saturated carbocycles. The van der Waals surface area contributed by atoms with Crippen molar-refractivity contribution in [3.05, 3.63) is 17.0 Å². The number of hydrogen-bond donors (Lipinski definition) is 1. The molecule has 3 nitrogen and oxygen atoms in total. The molecule has 0 amide bonds. The van der Waals surface area contributed by atoms with Gasteiger partial charge >= 0.3 is 0 Å². The summed E-state index contributed by atoms with van der Waals surface area (Å²) in [4.78, 5) is 0. The van der Waals surface area contributed by atoms with Crippen LogP contribution in [0.15, 0.2) is 0 Å². The molecule has 0 atom stereocenters. The summed E-state index contributed by atoms with van der Waals surface area (Å²) in [7, 11) is 2.04. The molecule has 0 saturated heterocycles. The van der Waals surface area contributed by atoms with Crippen LogP contribution in [0.1, 0.15) is 48.6 Å². The Morgan fingerprint density at radius 1 is 1.40 bits per heavy atom. The molecule has 1 aromatic rings. The van der Waals surface area contributed by atoms with Gasteiger partial charge in [0.2, 0.25) is 0 Å². The fraction of sp³-hybridized carbons (Fsp3) is 0.750. The van der Waals surface area contributed by atoms with E-state index in [-0.39, 0.29) is 0 Å². The highest BCUT2D eigenvalue weighted by atomic mass is 15.3. The zero-order chi connectivity index (χ0) is 10.8. The van der Waals surface area contributed by atoms with Crippen molar-refractivity contribution in [3.63, 3.8) is 0 Å². The van der Waals surface area contributed by atoms with Crippen LogP contribution in [-0.4, -0.2) is 16.3 Å². The smallest absolute Gasteiger partial charge is 0.0687 e. The number of rotatable bonds is 3. The highest BCUT2D eigenvalue weighted by Crippen LogP contribution is 2.35. The van der Waals surface area contributed by atoms with Crippen molar-refractivity contribution in [2.24, 2.45) is 12.8 Å². The van der Waals surface area contributed by atoms with Gasteiger partial charge in [-0.15, -0.1) is 0 Å². The third-order valence-corrected chi connectivity index (χ3v) is 3.59. The number of aryl methyl sites for hydroxylation is 1. The first-order chi connectivity index (χ1) is 7.24. The van der Waals surface area contributed by atoms with Crippen LogP contribution in [0.2, 0.25) is 0 Å². The van der Waals surface area contributed by atoms with Crippen LogP contribution in [0.25, 0.3) is 0 Å². The third kappa shape index (κ3) is 1.93. The standard InChI is InChI=1S/C12H21N3/c1-9-11(7-8-13)15(2)14-12(9)10-5-3-4-6-10/h10H,3-8,13H2,1-2H3. The van der Waals surface area contributed by atoms with Gasteiger partial charge < -0.3 is 5.73 Å². The van der Waals surface area contributed by atoms with Gasteiger partial charge in [0.05, 0.1) is 5.69 Å². The first kappa shape index (κ1) is 10.7. The molecule has 1 aromatic heterocycles. The molecule has 0 radical (unpaired) electrons. The summed E-state index contributed by atoms with van der Waals surface area (Å²) in [5.74, 6) is 0.711. The second kappa shape index (κ2) is 4.35. The number of aromatic nitrogens is 2. The number of nitrogens with zero attached hydrogens (tertiary/aromatic N) is 2. The van der Waals surface area contributed by atoms with Gasteiger partial charge in [-0.25, -0.2) is 0 Å². The van der Waals surface area contributed by atoms with Gasteiger partial charge in [-0.1, -0.05) is 12.8 Å². The molecule has 1 heterocycles. The van der Waals surface area contributed by atoms with Crippen LogP contribution in [0.3, 0.4) is 0 Å². The number of nitrogens with two attached hydrogens (primary N) is 1. The summed E-state index contributed by atoms with van der Waals surface area (Å²) in [6.07, 6.45) is 6.32. The Labute approximate surface area is 91.7 Å². The summed E-state index contributed by atoms with van der Waals surface area (Å²) >= 11 is 0. The predicted molar refractivity (Wildman–Crippen MR) is 61.9 cm³/mol. The number of hydrogen-bond acceptors (Lipinski definition) is 2. The molecule has 0 unspecified atom stereocenters. The Kier molecular flexibility index (Phi) is 3.10. The van der Waals surface area contributed by atoms with Crippen LogP contribution in [0.5, 0.6) is 0 Å². The fourth-order valence-electron chi connectivity index (χ4n) is 2.76. The zero-order valence-corrected chi connectivity index (χ0v) is 9.79. The maximum absolute atomic E-state index is 5.62. The molecule has 0 aliphatic heterocycles. The van der Waals surface area contributed by atoms with Crippen molar-refractivity contribution in [2.45, 2.75) is 44.9 Å². The van der Waals surface area contributed by atoms with E-state index in [1.807, 2.05) is 11.7 Å². The lowest BCUT2D eigenvalue weighted by Gasteiger charge is -2.06. The molecule has 3 heteroatoms. The lowest BCUT2D eigenvalue weighted by atomic mass is 9.99. The minimum atomic E-state index is 0.711. The first-order valence-corrected chi connectivity index (χ1v) is 5.96. The first-order valence-electron chi connectivity index (χ1n) is 5.96. The molecule has 2 rings (SSSR count). The van der Waals surface area contributed by atoms with Gasteiger partial charge in [0, 0.05) is 25.1 Å². The maximum atomic E-state index is 5.62. The van der Waals surface area contributed by atoms with Gasteiger partial charge in [-0.05, 0) is 31.9 Å². The van der Waals surface area contributed by atoms with Crippen LogP contribution in [0, 0.1) is 6.92 Å². The highest BCUT2D eigenvalue weighted by molar-refractivity contribution is 5.28. The predicted octanol–water partition coefficient (Wildman–Crippen LogP) is 1.89. The van der Waals surface area contributed by atoms with Crippen LogP contribution in [0.4, 0.5) is 0 Å². The Morgan fingerprint density at radius 2 is 2.07 bits per heavy atom. The van der Waals surface area contributed by atoms with Gasteiger partial charge in [0.15, 0.2) is 0 Å². The van der Waals surface area contributed by atoms with E-state index in [1.54, 1.807) is 0 Å². The lowest BCUT2D eigenvalue weighted by Crippen LogP contribution is -2.08. The van der Waals surface area contributed by atoms with Crippen molar-refractivity contribution in [2.75, 3.05) is 6.54 Å². The van der Waals surface area contributed by atoms with E-state index < -0.39 is 0 Å². The average Bonchev–Trinajstić information content (AvgIpc) is 2.81. The van der Waals surface area contributed by atoms with Gasteiger partial charge in [-0.3, -0.25) is 4.68 Å². The fourth-order valence-corrected chi connectivity index (χ4v) is 2.76. The van der Waals surface area contributed by atoms with Crippen molar-refractivity contribution in [1.29, 1.82) is 0 Å². The van der Waals surface area contributed by atoms with Crippen molar-refractivity contribution < 1.29 is 0 Å². The van der Waals surface area contributed by atoms with Gasteiger partial charge in [0.25, 0.3) is 0 Å². The Hall–Kier alpha value is -0.830. The molecular weight excluding hydrogens is 186 g/mol. The van der Waals surface area contributed by atoms with E-state index in [2.05, 4.69) is 12.0 Å². The van der Waals surface area contributed by atoms with Crippen LogP contribution in [-0.2, 0) is 13.5 Å². The molecular formula is C12H21N3. The van der Waals surface area contributed by atoms with Crippen LogP contribution < -0.4 is 5.73 Å². The van der Waals surface area contributed by atoms with Crippen LogP contribution >= 0.6 is 0 Å². The van der Waals surface area contributed by atoms with E-state index in [4.69, 9.17) is 5.73 Å². The minimum Gasteiger partial charge on any atom is -0.330 e. The van der Waals surface area contributed by atoms with Gasteiger partial charge in [0.1, 0.15) is 0 Å². The second-order valence-electron chi connectivity index (χ2n) is 4.60. The van der Waals surface area contributed by atoms with E-state index in [1.165, 1.54) is 42.6 Å². The van der Waals surface area contributed by atoms with E-state index in [9.17, 15) is 0 Å². The zero-order valence-electron chi connectivity index (χ0n) is 9.79. The lowest BCUT2D eigenvalue weighted by molar-refractivity contribution is 0.644. The molecule has 1 fully saturated rings. The normalized spacial score (nSPS) is 17.5. The molecule has 2 N–H and O–H groups in total. The van der Waals surface area contributed by atoms with Crippen molar-refractivity contribution >= 4 is 0 Å². The quantitative estimate of drug-likeness (QED) is 0.822. The SMILES string of the molecule is Cc1c(C2CCCC2)nn(C)c1CCN. The molecule has 0 aromatic carbocycles. The monoisotopic (exact) mass is 207 g/mol. The molecule has 0 bridgehead atoms. The Morgan fingerprint density at radius 3 is 2.67 bits per heavy atom. The highest BCUT2D eigenvalue weighted by Gasteiger charge is 2.23. The van der Waals surface area contributed by atoms with E-state index >= 15 is 0 Å². The molecule has 15 heavy (non-hydrogen) atoms.